The molecule has 1 aliphatic carbocycles. The molecular weight excluding hydrogens is 460 g/mol. The lowest BCUT2D eigenvalue weighted by Gasteiger charge is -2.30. The quantitative estimate of drug-likeness (QED) is 0.369. The van der Waals surface area contributed by atoms with Gasteiger partial charge in [-0.2, -0.15) is 0 Å². The third-order valence-corrected chi connectivity index (χ3v) is 5.92. The summed E-state index contributed by atoms with van der Waals surface area (Å²) in [5.74, 6) is -0.284. The lowest BCUT2D eigenvalue weighted by atomic mass is 9.93. The van der Waals surface area contributed by atoms with E-state index in [0.717, 1.165) is 16.7 Å². The van der Waals surface area contributed by atoms with Crippen molar-refractivity contribution in [2.24, 2.45) is 0 Å². The van der Waals surface area contributed by atoms with Crippen LogP contribution in [0.2, 0.25) is 0 Å². The molecule has 1 aliphatic rings. The van der Waals surface area contributed by atoms with Crippen molar-refractivity contribution in [1.82, 2.24) is 5.32 Å². The zero-order valence-electron chi connectivity index (χ0n) is 21.5. The van der Waals surface area contributed by atoms with Gasteiger partial charge >= 0.3 is 18.2 Å². The van der Waals surface area contributed by atoms with Crippen molar-refractivity contribution in [3.8, 4) is 11.1 Å². The van der Waals surface area contributed by atoms with Gasteiger partial charge in [-0.05, 0) is 70.1 Å². The molecule has 2 amide bonds. The summed E-state index contributed by atoms with van der Waals surface area (Å²) in [6.07, 6.45) is 2.28. The molecular formula is C28H36N2O6. The Balaban J connectivity index is 1.60. The van der Waals surface area contributed by atoms with Crippen LogP contribution in [-0.4, -0.2) is 43.0 Å². The van der Waals surface area contributed by atoms with Gasteiger partial charge in [0.15, 0.2) is 0 Å². The Hall–Kier alpha value is -3.55. The minimum absolute atomic E-state index is 0.000984. The summed E-state index contributed by atoms with van der Waals surface area (Å²) in [4.78, 5) is 36.4. The number of esters is 1. The highest BCUT2D eigenvalue weighted by Gasteiger charge is 2.27. The van der Waals surface area contributed by atoms with E-state index >= 15 is 0 Å². The van der Waals surface area contributed by atoms with E-state index in [4.69, 9.17) is 14.2 Å². The topological polar surface area (TPSA) is 103 Å². The van der Waals surface area contributed by atoms with Gasteiger partial charge in [-0.3, -0.25) is 10.1 Å². The second-order valence-electron chi connectivity index (χ2n) is 9.97. The van der Waals surface area contributed by atoms with Gasteiger partial charge in [-0.25, -0.2) is 9.59 Å². The van der Waals surface area contributed by atoms with Crippen LogP contribution in [0.3, 0.4) is 0 Å². The highest BCUT2D eigenvalue weighted by Crippen LogP contribution is 2.30. The van der Waals surface area contributed by atoms with E-state index in [1.54, 1.807) is 0 Å². The van der Waals surface area contributed by atoms with Crippen molar-refractivity contribution >= 4 is 23.8 Å². The maximum Gasteiger partial charge on any atom is 0.411 e. The minimum Gasteiger partial charge on any atom is -0.469 e. The molecule has 8 heteroatoms. The van der Waals surface area contributed by atoms with Crippen LogP contribution in [0, 0.1) is 0 Å². The van der Waals surface area contributed by atoms with Crippen LogP contribution in [0.25, 0.3) is 11.1 Å². The van der Waals surface area contributed by atoms with E-state index in [0.29, 0.717) is 37.8 Å². The fraction of sp³-hybridized carbons (Fsp3) is 0.464. The molecule has 0 radical (unpaired) electrons. The van der Waals surface area contributed by atoms with Crippen LogP contribution >= 0.6 is 0 Å². The van der Waals surface area contributed by atoms with Gasteiger partial charge in [0.05, 0.1) is 12.8 Å². The Kier molecular flexibility index (Phi) is 9.33. The average Bonchev–Trinajstić information content (AvgIpc) is 2.83. The van der Waals surface area contributed by atoms with E-state index in [1.807, 2.05) is 69.3 Å². The second kappa shape index (κ2) is 12.4. The van der Waals surface area contributed by atoms with Gasteiger partial charge in [-0.1, -0.05) is 42.5 Å². The number of anilines is 1. The standard InChI is InChI=1S/C28H36N2O6/c1-28(2,3)36-27(33)29-21-12-14-22(15-13-21)35-26(32)30-24-18-19(11-17-25(31)34-4)10-16-23(24)20-8-6-5-7-9-20/h5-10,16,18,21-22H,11-15,17H2,1-4H3,(H,29,33)(H,30,32)/t21-,22-. The number of nitrogens with one attached hydrogen (secondary N) is 2. The molecule has 1 fully saturated rings. The predicted molar refractivity (Wildman–Crippen MR) is 138 cm³/mol. The number of carbonyl (C=O) groups is 3. The van der Waals surface area contributed by atoms with Crippen LogP contribution in [-0.2, 0) is 25.4 Å². The molecule has 0 saturated heterocycles. The molecule has 2 N–H and O–H groups in total. The van der Waals surface area contributed by atoms with E-state index < -0.39 is 17.8 Å². The van der Waals surface area contributed by atoms with Gasteiger partial charge in [0, 0.05) is 18.0 Å². The number of alkyl carbamates (subject to hydrolysis) is 1. The number of methoxy groups -OCH3 is 1. The molecule has 0 heterocycles. The molecule has 2 aromatic carbocycles. The molecule has 1 saturated carbocycles. The Bertz CT molecular complexity index is 1040. The van der Waals surface area contributed by atoms with Crippen molar-refractivity contribution in [3.63, 3.8) is 0 Å². The lowest BCUT2D eigenvalue weighted by Crippen LogP contribution is -2.42. The van der Waals surface area contributed by atoms with Crippen LogP contribution in [0.15, 0.2) is 48.5 Å². The molecule has 0 bridgehead atoms. The number of benzene rings is 2. The Morgan fingerprint density at radius 3 is 2.28 bits per heavy atom. The maximum atomic E-state index is 12.8. The summed E-state index contributed by atoms with van der Waals surface area (Å²) in [6.45, 7) is 5.48. The zero-order chi connectivity index (χ0) is 26.1. The van der Waals surface area contributed by atoms with Crippen LogP contribution in [0.1, 0.15) is 58.4 Å². The molecule has 3 rings (SSSR count). The van der Waals surface area contributed by atoms with Gasteiger partial charge in [0.1, 0.15) is 11.7 Å². The number of amides is 2. The largest absolute Gasteiger partial charge is 0.469 e. The van der Waals surface area contributed by atoms with Crippen molar-refractivity contribution in [2.75, 3.05) is 12.4 Å². The Labute approximate surface area is 212 Å². The normalized spacial score (nSPS) is 17.6. The molecule has 0 aliphatic heterocycles. The monoisotopic (exact) mass is 496 g/mol. The second-order valence-corrected chi connectivity index (χ2v) is 9.97. The molecule has 0 unspecified atom stereocenters. The third kappa shape index (κ3) is 8.59. The van der Waals surface area contributed by atoms with Gasteiger partial charge in [-0.15, -0.1) is 0 Å². The highest BCUT2D eigenvalue weighted by atomic mass is 16.6. The fourth-order valence-electron chi connectivity index (χ4n) is 4.16. The number of rotatable bonds is 7. The van der Waals surface area contributed by atoms with E-state index in [9.17, 15) is 14.4 Å². The number of hydrogen-bond acceptors (Lipinski definition) is 6. The summed E-state index contributed by atoms with van der Waals surface area (Å²) < 4.78 is 15.8. The van der Waals surface area contributed by atoms with E-state index in [-0.39, 0.29) is 24.5 Å². The van der Waals surface area contributed by atoms with Crippen LogP contribution in [0.4, 0.5) is 15.3 Å². The molecule has 36 heavy (non-hydrogen) atoms. The van der Waals surface area contributed by atoms with Gasteiger partial charge in [0.25, 0.3) is 0 Å². The predicted octanol–water partition coefficient (Wildman–Crippen LogP) is 5.84. The minimum atomic E-state index is -0.544. The zero-order valence-corrected chi connectivity index (χ0v) is 21.5. The number of carbonyl (C=O) groups excluding carboxylic acids is 3. The van der Waals surface area contributed by atoms with Crippen molar-refractivity contribution in [1.29, 1.82) is 0 Å². The van der Waals surface area contributed by atoms with Gasteiger partial charge in [0.2, 0.25) is 0 Å². The number of hydrogen-bond donors (Lipinski definition) is 2. The third-order valence-electron chi connectivity index (χ3n) is 5.92. The smallest absolute Gasteiger partial charge is 0.411 e. The first-order chi connectivity index (χ1) is 17.1. The summed E-state index contributed by atoms with van der Waals surface area (Å²) in [7, 11) is 1.37. The molecule has 0 spiro atoms. The summed E-state index contributed by atoms with van der Waals surface area (Å²) in [6, 6.07) is 15.5. The highest BCUT2D eigenvalue weighted by molar-refractivity contribution is 5.92. The van der Waals surface area contributed by atoms with E-state index in [1.165, 1.54) is 7.11 Å². The lowest BCUT2D eigenvalue weighted by molar-refractivity contribution is -0.140. The first-order valence-corrected chi connectivity index (χ1v) is 12.4. The van der Waals surface area contributed by atoms with Crippen LogP contribution in [0.5, 0.6) is 0 Å². The number of ether oxygens (including phenoxy) is 3. The molecule has 0 atom stereocenters. The first-order valence-electron chi connectivity index (χ1n) is 12.4. The molecule has 194 valence electrons. The summed E-state index contributed by atoms with van der Waals surface area (Å²) in [5.41, 5.74) is 2.80. The van der Waals surface area contributed by atoms with E-state index in [2.05, 4.69) is 10.6 Å². The Morgan fingerprint density at radius 2 is 1.64 bits per heavy atom. The molecule has 2 aromatic rings. The summed E-state index contributed by atoms with van der Waals surface area (Å²) >= 11 is 0. The molecule has 0 aromatic heterocycles. The van der Waals surface area contributed by atoms with Crippen molar-refractivity contribution < 1.29 is 28.6 Å². The molecule has 8 nitrogen and oxygen atoms in total. The first kappa shape index (κ1) is 27.0. The Morgan fingerprint density at radius 1 is 0.944 bits per heavy atom. The maximum absolute atomic E-state index is 12.8. The van der Waals surface area contributed by atoms with Gasteiger partial charge < -0.3 is 19.5 Å². The SMILES string of the molecule is COC(=O)CCc1ccc(-c2ccccc2)c(NC(=O)O[C@H]2CC[C@H](NC(=O)OC(C)(C)C)CC2)c1. The number of aryl methyl sites for hydroxylation is 1. The van der Waals surface area contributed by atoms with Crippen molar-refractivity contribution in [2.45, 2.75) is 77.0 Å². The average molecular weight is 497 g/mol. The fourth-order valence-corrected chi connectivity index (χ4v) is 4.16. The summed E-state index contributed by atoms with van der Waals surface area (Å²) in [5, 5.41) is 5.80. The van der Waals surface area contributed by atoms with Crippen LogP contribution < -0.4 is 10.6 Å². The van der Waals surface area contributed by atoms with Crippen molar-refractivity contribution in [3.05, 3.63) is 54.1 Å².